The molecule has 2 saturated carbocycles. The van der Waals surface area contributed by atoms with Crippen molar-refractivity contribution in [2.75, 3.05) is 37.7 Å². The Labute approximate surface area is 199 Å². The second-order valence-electron chi connectivity index (χ2n) is 10.8. The molecule has 3 aliphatic rings. The summed E-state index contributed by atoms with van der Waals surface area (Å²) >= 11 is 0. The fourth-order valence-electron chi connectivity index (χ4n) is 4.83. The third-order valence-corrected chi connectivity index (χ3v) is 6.93. The smallest absolute Gasteiger partial charge is 0.410 e. The third kappa shape index (κ3) is 4.76. The van der Waals surface area contributed by atoms with Crippen LogP contribution in [0.25, 0.3) is 11.3 Å². The molecule has 0 unspecified atom stereocenters. The van der Waals surface area contributed by atoms with Crippen LogP contribution in [-0.4, -0.2) is 69.3 Å². The quantitative estimate of drug-likeness (QED) is 0.711. The summed E-state index contributed by atoms with van der Waals surface area (Å²) < 4.78 is 21.9. The van der Waals surface area contributed by atoms with E-state index >= 15 is 0 Å². The van der Waals surface area contributed by atoms with Crippen LogP contribution in [0.2, 0.25) is 0 Å². The summed E-state index contributed by atoms with van der Waals surface area (Å²) in [4.78, 5) is 20.8. The highest BCUT2D eigenvalue weighted by molar-refractivity contribution is 5.77. The Morgan fingerprint density at radius 3 is 2.53 bits per heavy atom. The Morgan fingerprint density at radius 1 is 1.21 bits per heavy atom. The number of anilines is 1. The van der Waals surface area contributed by atoms with Crippen molar-refractivity contribution in [3.63, 3.8) is 0 Å². The van der Waals surface area contributed by atoms with Crippen molar-refractivity contribution in [1.29, 1.82) is 0 Å². The summed E-state index contributed by atoms with van der Waals surface area (Å²) in [6.07, 6.45) is 7.10. The molecule has 2 aliphatic carbocycles. The van der Waals surface area contributed by atoms with Crippen molar-refractivity contribution in [2.24, 2.45) is 5.92 Å². The van der Waals surface area contributed by atoms with Gasteiger partial charge in [0.15, 0.2) is 0 Å². The van der Waals surface area contributed by atoms with E-state index in [1.165, 1.54) is 6.20 Å². The van der Waals surface area contributed by atoms with Gasteiger partial charge in [0.1, 0.15) is 11.4 Å². The number of piperazine rings is 1. The molecule has 1 saturated heterocycles. The van der Waals surface area contributed by atoms with Crippen molar-refractivity contribution in [3.8, 4) is 11.3 Å². The number of amides is 1. The molecule has 8 nitrogen and oxygen atoms in total. The van der Waals surface area contributed by atoms with Crippen molar-refractivity contribution < 1.29 is 19.0 Å². The number of halogens is 1. The maximum atomic E-state index is 14.3. The van der Waals surface area contributed by atoms with Gasteiger partial charge in [0.2, 0.25) is 0 Å². The Bertz CT molecular complexity index is 1050. The average Bonchev–Trinajstić information content (AvgIpc) is 3.51. The first-order chi connectivity index (χ1) is 16.2. The molecule has 0 spiro atoms. The van der Waals surface area contributed by atoms with E-state index in [2.05, 4.69) is 16.1 Å². The summed E-state index contributed by atoms with van der Waals surface area (Å²) in [5, 5.41) is 14.3. The van der Waals surface area contributed by atoms with E-state index in [4.69, 9.17) is 9.84 Å². The molecule has 184 valence electrons. The Hall–Kier alpha value is -2.68. The standard InChI is InChI=1S/C25H34FN5O3/c1-25(2,3)34-24(33)30-8-6-29(7-9-30)21-12-18(26)13-27-23(21)20-14-31(19-10-16(11-19)15-32)28-22(20)17-4-5-17/h12-14,16-17,19,32H,4-11,15H2,1-3H3. The predicted molar refractivity (Wildman–Crippen MR) is 126 cm³/mol. The van der Waals surface area contributed by atoms with Crippen LogP contribution in [0.3, 0.4) is 0 Å². The molecular formula is C25H34FN5O3. The second kappa shape index (κ2) is 8.83. The molecule has 0 aromatic carbocycles. The molecule has 1 N–H and O–H groups in total. The normalized spacial score (nSPS) is 23.1. The van der Waals surface area contributed by atoms with Gasteiger partial charge in [-0.1, -0.05) is 0 Å². The fraction of sp³-hybridized carbons (Fsp3) is 0.640. The van der Waals surface area contributed by atoms with Crippen LogP contribution >= 0.6 is 0 Å². The van der Waals surface area contributed by atoms with Crippen LogP contribution in [0.1, 0.15) is 64.1 Å². The maximum Gasteiger partial charge on any atom is 0.410 e. The number of carbonyl (C=O) groups is 1. The minimum absolute atomic E-state index is 0.221. The van der Waals surface area contributed by atoms with Gasteiger partial charge in [-0.05, 0) is 52.4 Å². The lowest BCUT2D eigenvalue weighted by Gasteiger charge is -2.37. The largest absolute Gasteiger partial charge is 0.444 e. The van der Waals surface area contributed by atoms with Gasteiger partial charge in [-0.3, -0.25) is 9.67 Å². The number of hydrogen-bond acceptors (Lipinski definition) is 6. The SMILES string of the molecule is CC(C)(C)OC(=O)N1CCN(c2cc(F)cnc2-c2cn(C3CC(CO)C3)nc2C2CC2)CC1. The second-order valence-corrected chi connectivity index (χ2v) is 10.8. The number of aromatic nitrogens is 3. The van der Waals surface area contributed by atoms with Crippen molar-refractivity contribution in [1.82, 2.24) is 19.7 Å². The van der Waals surface area contributed by atoms with Gasteiger partial charge < -0.3 is 19.6 Å². The summed E-state index contributed by atoms with van der Waals surface area (Å²) in [5.74, 6) is 0.398. The zero-order chi connectivity index (χ0) is 24.0. The molecule has 1 amide bonds. The predicted octanol–water partition coefficient (Wildman–Crippen LogP) is 3.96. The van der Waals surface area contributed by atoms with E-state index in [0.717, 1.165) is 48.3 Å². The van der Waals surface area contributed by atoms with E-state index < -0.39 is 5.60 Å². The van der Waals surface area contributed by atoms with Crippen LogP contribution < -0.4 is 4.90 Å². The topological polar surface area (TPSA) is 83.7 Å². The minimum Gasteiger partial charge on any atom is -0.444 e. The number of hydrogen-bond donors (Lipinski definition) is 1. The molecule has 3 heterocycles. The van der Waals surface area contributed by atoms with Gasteiger partial charge in [-0.25, -0.2) is 9.18 Å². The van der Waals surface area contributed by atoms with E-state index in [-0.39, 0.29) is 18.5 Å². The monoisotopic (exact) mass is 471 g/mol. The van der Waals surface area contributed by atoms with E-state index in [0.29, 0.717) is 44.1 Å². The third-order valence-electron chi connectivity index (χ3n) is 6.93. The summed E-state index contributed by atoms with van der Waals surface area (Å²) in [5.41, 5.74) is 2.97. The lowest BCUT2D eigenvalue weighted by molar-refractivity contribution is 0.0240. The lowest BCUT2D eigenvalue weighted by atomic mass is 9.81. The lowest BCUT2D eigenvalue weighted by Crippen LogP contribution is -2.50. The molecule has 2 aromatic heterocycles. The van der Waals surface area contributed by atoms with Gasteiger partial charge in [0.05, 0.1) is 29.3 Å². The molecule has 9 heteroatoms. The van der Waals surface area contributed by atoms with Crippen LogP contribution in [0.5, 0.6) is 0 Å². The molecule has 3 fully saturated rings. The average molecular weight is 472 g/mol. The van der Waals surface area contributed by atoms with Crippen molar-refractivity contribution in [2.45, 2.75) is 64.0 Å². The summed E-state index contributed by atoms with van der Waals surface area (Å²) in [6, 6.07) is 1.84. The number of nitrogens with zero attached hydrogens (tertiary/aromatic N) is 5. The van der Waals surface area contributed by atoms with Gasteiger partial charge >= 0.3 is 6.09 Å². The van der Waals surface area contributed by atoms with Crippen LogP contribution in [-0.2, 0) is 4.74 Å². The minimum atomic E-state index is -0.537. The van der Waals surface area contributed by atoms with E-state index in [1.807, 2.05) is 25.5 Å². The Morgan fingerprint density at radius 2 is 1.91 bits per heavy atom. The molecule has 2 aromatic rings. The van der Waals surface area contributed by atoms with Crippen LogP contribution in [0.4, 0.5) is 14.9 Å². The van der Waals surface area contributed by atoms with Gasteiger partial charge in [-0.15, -0.1) is 0 Å². The van der Waals surface area contributed by atoms with Gasteiger partial charge in [0, 0.05) is 56.5 Å². The van der Waals surface area contributed by atoms with Crippen LogP contribution in [0.15, 0.2) is 18.5 Å². The Balaban J connectivity index is 1.38. The molecular weight excluding hydrogens is 437 g/mol. The van der Waals surface area contributed by atoms with E-state index in [9.17, 15) is 14.3 Å². The highest BCUT2D eigenvalue weighted by Crippen LogP contribution is 2.47. The molecule has 1 aliphatic heterocycles. The highest BCUT2D eigenvalue weighted by Gasteiger charge is 2.36. The zero-order valence-electron chi connectivity index (χ0n) is 20.2. The number of carbonyl (C=O) groups excluding carboxylic acids is 1. The fourth-order valence-corrected chi connectivity index (χ4v) is 4.83. The summed E-state index contributed by atoms with van der Waals surface area (Å²) in [6.45, 7) is 7.95. The molecule has 0 bridgehead atoms. The van der Waals surface area contributed by atoms with Crippen LogP contribution in [0, 0.1) is 11.7 Å². The molecule has 5 rings (SSSR count). The first-order valence-corrected chi connectivity index (χ1v) is 12.3. The first-order valence-electron chi connectivity index (χ1n) is 12.3. The summed E-state index contributed by atoms with van der Waals surface area (Å²) in [7, 11) is 0. The molecule has 0 atom stereocenters. The van der Waals surface area contributed by atoms with Crippen molar-refractivity contribution >= 4 is 11.8 Å². The number of ether oxygens (including phenoxy) is 1. The van der Waals surface area contributed by atoms with Gasteiger partial charge in [-0.2, -0.15) is 5.10 Å². The van der Waals surface area contributed by atoms with E-state index in [1.54, 1.807) is 11.0 Å². The molecule has 0 radical (unpaired) electrons. The Kier molecular flexibility index (Phi) is 6.00. The number of rotatable bonds is 5. The zero-order valence-corrected chi connectivity index (χ0v) is 20.2. The highest BCUT2D eigenvalue weighted by atomic mass is 19.1. The van der Waals surface area contributed by atoms with Gasteiger partial charge in [0.25, 0.3) is 0 Å². The number of aliphatic hydroxyl groups excluding tert-OH is 1. The first kappa shape index (κ1) is 23.1. The number of aliphatic hydroxyl groups is 1. The maximum absolute atomic E-state index is 14.3. The number of pyridine rings is 1. The molecule has 34 heavy (non-hydrogen) atoms. The van der Waals surface area contributed by atoms with Crippen molar-refractivity contribution in [3.05, 3.63) is 30.0 Å².